The number of hydrogen-bond acceptors (Lipinski definition) is 3. The van der Waals surface area contributed by atoms with E-state index in [9.17, 15) is 0 Å². The van der Waals surface area contributed by atoms with Gasteiger partial charge in [0, 0.05) is 12.5 Å². The zero-order chi connectivity index (χ0) is 10.5. The molecule has 0 saturated heterocycles. The summed E-state index contributed by atoms with van der Waals surface area (Å²) in [6.07, 6.45) is 7.95. The Bertz CT molecular complexity index is 407. The fourth-order valence-electron chi connectivity index (χ4n) is 3.33. The summed E-state index contributed by atoms with van der Waals surface area (Å²) in [6.45, 7) is 1.10. The smallest absolute Gasteiger partial charge is 0.221 e. The van der Waals surface area contributed by atoms with Crippen LogP contribution < -0.4 is 5.32 Å². The lowest BCUT2D eigenvalue weighted by Crippen LogP contribution is -2.29. The molecule has 16 heavy (non-hydrogen) atoms. The molecule has 4 nitrogen and oxygen atoms in total. The normalized spacial score (nSPS) is 32.8. The van der Waals surface area contributed by atoms with Crippen LogP contribution in [0.1, 0.15) is 56.3 Å². The molecule has 2 aliphatic carbocycles. The number of fused-ring (bicyclic) bond motifs is 3. The van der Waals surface area contributed by atoms with Crippen molar-refractivity contribution in [2.75, 3.05) is 11.9 Å². The van der Waals surface area contributed by atoms with E-state index in [1.165, 1.54) is 38.5 Å². The highest BCUT2D eigenvalue weighted by molar-refractivity contribution is 5.30. The summed E-state index contributed by atoms with van der Waals surface area (Å²) < 4.78 is 2.19. The summed E-state index contributed by atoms with van der Waals surface area (Å²) in [7, 11) is 0. The molecule has 2 fully saturated rings. The molecule has 2 saturated carbocycles. The molecular weight excluding hydrogens is 200 g/mol. The summed E-state index contributed by atoms with van der Waals surface area (Å²) >= 11 is 0. The van der Waals surface area contributed by atoms with Gasteiger partial charge in [0.15, 0.2) is 5.82 Å². The van der Waals surface area contributed by atoms with Gasteiger partial charge in [0.1, 0.15) is 0 Å². The maximum atomic E-state index is 4.76. The lowest BCUT2D eigenvalue weighted by Gasteiger charge is -2.27. The third-order valence-corrected chi connectivity index (χ3v) is 4.57. The number of nitrogens with zero attached hydrogens (tertiary/aromatic N) is 3. The van der Waals surface area contributed by atoms with Crippen molar-refractivity contribution in [3.05, 3.63) is 5.82 Å². The summed E-state index contributed by atoms with van der Waals surface area (Å²) in [5.41, 5.74) is 0. The SMILES string of the molecule is C1CC(c2nc3n(n2)C2CCCC2CN3)C1. The van der Waals surface area contributed by atoms with Crippen molar-refractivity contribution >= 4 is 5.95 Å². The van der Waals surface area contributed by atoms with E-state index >= 15 is 0 Å². The summed E-state index contributed by atoms with van der Waals surface area (Å²) in [5.74, 6) is 3.58. The van der Waals surface area contributed by atoms with Crippen LogP contribution in [0.25, 0.3) is 0 Å². The monoisotopic (exact) mass is 218 g/mol. The molecule has 4 rings (SSSR count). The van der Waals surface area contributed by atoms with Crippen LogP contribution in [0.3, 0.4) is 0 Å². The summed E-state index contributed by atoms with van der Waals surface area (Å²) in [4.78, 5) is 4.67. The van der Waals surface area contributed by atoms with E-state index in [-0.39, 0.29) is 0 Å². The first kappa shape index (κ1) is 9.02. The van der Waals surface area contributed by atoms with Crippen molar-refractivity contribution in [3.8, 4) is 0 Å². The molecule has 86 valence electrons. The number of anilines is 1. The van der Waals surface area contributed by atoms with Crippen molar-refractivity contribution in [1.82, 2.24) is 14.8 Å². The first-order valence-electron chi connectivity index (χ1n) is 6.62. The molecule has 3 aliphatic rings. The molecule has 2 heterocycles. The molecule has 0 spiro atoms. The van der Waals surface area contributed by atoms with Crippen molar-refractivity contribution in [1.29, 1.82) is 0 Å². The Labute approximate surface area is 95.4 Å². The Hall–Kier alpha value is -1.06. The molecule has 4 heteroatoms. The minimum Gasteiger partial charge on any atom is -0.354 e. The van der Waals surface area contributed by atoms with Crippen LogP contribution in [0.5, 0.6) is 0 Å². The van der Waals surface area contributed by atoms with Crippen LogP contribution in [0.4, 0.5) is 5.95 Å². The molecule has 2 unspecified atom stereocenters. The van der Waals surface area contributed by atoms with Gasteiger partial charge in [0.05, 0.1) is 6.04 Å². The first-order valence-corrected chi connectivity index (χ1v) is 6.62. The van der Waals surface area contributed by atoms with Crippen molar-refractivity contribution < 1.29 is 0 Å². The van der Waals surface area contributed by atoms with Gasteiger partial charge in [0.2, 0.25) is 5.95 Å². The minimum absolute atomic E-state index is 0.637. The predicted molar refractivity (Wildman–Crippen MR) is 61.5 cm³/mol. The Balaban J connectivity index is 1.70. The molecule has 0 amide bonds. The Morgan fingerprint density at radius 1 is 1.12 bits per heavy atom. The van der Waals surface area contributed by atoms with Crippen LogP contribution >= 0.6 is 0 Å². The summed E-state index contributed by atoms with van der Waals surface area (Å²) in [5, 5.41) is 8.21. The van der Waals surface area contributed by atoms with Crippen molar-refractivity contribution in [3.63, 3.8) is 0 Å². The van der Waals surface area contributed by atoms with Gasteiger partial charge in [-0.2, -0.15) is 10.1 Å². The van der Waals surface area contributed by atoms with Crippen LogP contribution in [0.2, 0.25) is 0 Å². The molecule has 1 aromatic rings. The highest BCUT2D eigenvalue weighted by Crippen LogP contribution is 2.41. The zero-order valence-electron chi connectivity index (χ0n) is 9.52. The van der Waals surface area contributed by atoms with E-state index in [2.05, 4.69) is 15.0 Å². The standard InChI is InChI=1S/C12H18N4/c1-3-8(4-1)11-14-12-13-7-9-5-2-6-10(9)16(12)15-11/h8-10H,1-7H2,(H,13,14,15). The second-order valence-corrected chi connectivity index (χ2v) is 5.51. The number of nitrogens with one attached hydrogen (secondary N) is 1. The van der Waals surface area contributed by atoms with E-state index in [1.807, 2.05) is 0 Å². The number of rotatable bonds is 1. The van der Waals surface area contributed by atoms with Gasteiger partial charge in [-0.05, 0) is 31.6 Å². The highest BCUT2D eigenvalue weighted by atomic mass is 15.4. The maximum Gasteiger partial charge on any atom is 0.221 e. The minimum atomic E-state index is 0.637. The largest absolute Gasteiger partial charge is 0.354 e. The van der Waals surface area contributed by atoms with E-state index < -0.39 is 0 Å². The topological polar surface area (TPSA) is 42.7 Å². The molecule has 1 aromatic heterocycles. The van der Waals surface area contributed by atoms with Crippen LogP contribution in [0.15, 0.2) is 0 Å². The third kappa shape index (κ3) is 1.16. The van der Waals surface area contributed by atoms with Gasteiger partial charge in [-0.25, -0.2) is 4.68 Å². The predicted octanol–water partition coefficient (Wildman–Crippen LogP) is 2.31. The van der Waals surface area contributed by atoms with E-state index in [4.69, 9.17) is 5.10 Å². The second-order valence-electron chi connectivity index (χ2n) is 5.51. The summed E-state index contributed by atoms with van der Waals surface area (Å²) in [6, 6.07) is 0.637. The van der Waals surface area contributed by atoms with Gasteiger partial charge < -0.3 is 5.32 Å². The van der Waals surface area contributed by atoms with E-state index in [0.29, 0.717) is 12.0 Å². The van der Waals surface area contributed by atoms with Gasteiger partial charge >= 0.3 is 0 Å². The molecule has 2 atom stereocenters. The van der Waals surface area contributed by atoms with Gasteiger partial charge in [-0.15, -0.1) is 0 Å². The fraction of sp³-hybridized carbons (Fsp3) is 0.833. The fourth-order valence-corrected chi connectivity index (χ4v) is 3.33. The zero-order valence-corrected chi connectivity index (χ0v) is 9.52. The Morgan fingerprint density at radius 2 is 2.00 bits per heavy atom. The van der Waals surface area contributed by atoms with Gasteiger partial charge in [0.25, 0.3) is 0 Å². The lowest BCUT2D eigenvalue weighted by molar-refractivity contribution is 0.338. The average Bonchev–Trinajstić information content (AvgIpc) is 2.76. The van der Waals surface area contributed by atoms with Gasteiger partial charge in [-0.1, -0.05) is 12.8 Å². The lowest BCUT2D eigenvalue weighted by atomic mass is 9.85. The Morgan fingerprint density at radius 3 is 2.81 bits per heavy atom. The molecule has 0 radical (unpaired) electrons. The van der Waals surface area contributed by atoms with Crippen LogP contribution in [-0.4, -0.2) is 21.3 Å². The highest BCUT2D eigenvalue weighted by Gasteiger charge is 2.36. The van der Waals surface area contributed by atoms with Crippen LogP contribution in [0, 0.1) is 5.92 Å². The number of aromatic nitrogens is 3. The average molecular weight is 218 g/mol. The molecular formula is C12H18N4. The second kappa shape index (κ2) is 3.22. The van der Waals surface area contributed by atoms with Crippen LogP contribution in [-0.2, 0) is 0 Å². The van der Waals surface area contributed by atoms with E-state index in [0.717, 1.165) is 24.2 Å². The van der Waals surface area contributed by atoms with Gasteiger partial charge in [-0.3, -0.25) is 0 Å². The molecule has 1 aliphatic heterocycles. The quantitative estimate of drug-likeness (QED) is 0.786. The maximum absolute atomic E-state index is 4.76. The van der Waals surface area contributed by atoms with E-state index in [1.54, 1.807) is 0 Å². The molecule has 0 bridgehead atoms. The Kier molecular flexibility index (Phi) is 1.81. The number of hydrogen-bond donors (Lipinski definition) is 1. The molecule has 0 aromatic carbocycles. The van der Waals surface area contributed by atoms with Crippen molar-refractivity contribution in [2.24, 2.45) is 5.92 Å². The van der Waals surface area contributed by atoms with Crippen molar-refractivity contribution in [2.45, 2.75) is 50.5 Å². The first-order chi connectivity index (χ1) is 7.92. The third-order valence-electron chi connectivity index (χ3n) is 4.57. The molecule has 1 N–H and O–H groups in total.